The molecule has 0 saturated carbocycles. The van der Waals surface area contributed by atoms with E-state index in [2.05, 4.69) is 245 Å². The van der Waals surface area contributed by atoms with E-state index in [0.717, 1.165) is 22.7 Å². The third kappa shape index (κ3) is 5.31. The highest BCUT2D eigenvalue weighted by molar-refractivity contribution is 6.09. The van der Waals surface area contributed by atoms with Gasteiger partial charge in [-0.05, 0) is 115 Å². The van der Waals surface area contributed by atoms with Crippen LogP contribution in [0.25, 0.3) is 44.2 Å². The van der Waals surface area contributed by atoms with E-state index in [4.69, 9.17) is 0 Å². The number of fused-ring (bicyclic) bond motifs is 9. The van der Waals surface area contributed by atoms with Crippen molar-refractivity contribution >= 4 is 44.9 Å². The number of nitrogens with zero attached hydrogens (tertiary/aromatic N) is 2. The third-order valence-corrected chi connectivity index (χ3v) is 14.8. The van der Waals surface area contributed by atoms with Gasteiger partial charge in [-0.25, -0.2) is 0 Å². The number of benzene rings is 9. The molecule has 63 heavy (non-hydrogen) atoms. The second kappa shape index (κ2) is 13.4. The number of para-hydroxylation sites is 1. The van der Waals surface area contributed by atoms with Gasteiger partial charge in [0, 0.05) is 33.0 Å². The highest BCUT2D eigenvalue weighted by Gasteiger charge is 2.42. The standard InChI is InChI=1S/C61H50N2/c1-59(2)49-26-14-12-23-45(49)47-34-32-41(37-52(47)59)62(42-33-35-48-46-24-13-15-27-50(46)60(3,4)53(48)38-42)56-36-31-40-21-10-11-22-44(40)58(56)63-54-29-17-16-28-51(54)61(5,6)57-43(25-18-30-55(57)63)39-19-8-7-9-20-39/h7-38H,1-6H3. The van der Waals surface area contributed by atoms with Crippen LogP contribution < -0.4 is 9.80 Å². The molecule has 9 aromatic rings. The Bertz CT molecular complexity index is 3220. The summed E-state index contributed by atoms with van der Waals surface area (Å²) in [6.07, 6.45) is 0. The molecule has 0 fully saturated rings. The smallest absolute Gasteiger partial charge is 0.0781 e. The molecule has 0 aromatic heterocycles. The van der Waals surface area contributed by atoms with E-state index in [1.807, 2.05) is 0 Å². The van der Waals surface area contributed by atoms with Crippen molar-refractivity contribution < 1.29 is 0 Å². The predicted molar refractivity (Wildman–Crippen MR) is 266 cm³/mol. The number of rotatable bonds is 5. The van der Waals surface area contributed by atoms with Crippen LogP contribution in [-0.2, 0) is 16.2 Å². The Labute approximate surface area is 371 Å². The fraction of sp³-hybridized carbons (Fsp3) is 0.148. The first-order chi connectivity index (χ1) is 30.5. The fourth-order valence-corrected chi connectivity index (χ4v) is 11.7. The normalized spacial score (nSPS) is 15.5. The Hall–Kier alpha value is -7.16. The molecule has 1 aliphatic heterocycles. The van der Waals surface area contributed by atoms with Gasteiger partial charge in [-0.2, -0.15) is 0 Å². The zero-order valence-electron chi connectivity index (χ0n) is 36.9. The zero-order chi connectivity index (χ0) is 42.8. The fourth-order valence-electron chi connectivity index (χ4n) is 11.7. The van der Waals surface area contributed by atoms with E-state index in [1.165, 1.54) is 88.9 Å². The van der Waals surface area contributed by atoms with Crippen LogP contribution >= 0.6 is 0 Å². The van der Waals surface area contributed by atoms with Gasteiger partial charge < -0.3 is 9.80 Å². The van der Waals surface area contributed by atoms with E-state index in [9.17, 15) is 0 Å². The van der Waals surface area contributed by atoms with Gasteiger partial charge in [0.25, 0.3) is 0 Å². The molecule has 0 saturated heterocycles. The third-order valence-electron chi connectivity index (χ3n) is 14.8. The van der Waals surface area contributed by atoms with Crippen LogP contribution in [-0.4, -0.2) is 0 Å². The molecule has 304 valence electrons. The van der Waals surface area contributed by atoms with Crippen molar-refractivity contribution in [3.63, 3.8) is 0 Å². The van der Waals surface area contributed by atoms with Gasteiger partial charge in [-0.3, -0.25) is 0 Å². The SMILES string of the molecule is CC1(C)c2ccccc2-c2ccc(N(c3ccc4c(c3)C(C)(C)c3ccccc3-4)c3ccc4ccccc4c3N3c4ccccc4C(C)(C)c4c(-c5ccccc5)cccc43)cc21. The lowest BCUT2D eigenvalue weighted by atomic mass is 9.70. The summed E-state index contributed by atoms with van der Waals surface area (Å²) in [5, 5.41) is 2.41. The van der Waals surface area contributed by atoms with Crippen molar-refractivity contribution in [3.05, 3.63) is 228 Å². The molecule has 1 heterocycles. The molecule has 0 amide bonds. The number of anilines is 6. The van der Waals surface area contributed by atoms with Crippen LogP contribution in [0.5, 0.6) is 0 Å². The molecule has 0 unspecified atom stereocenters. The molecule has 12 rings (SSSR count). The summed E-state index contributed by atoms with van der Waals surface area (Å²) in [6.45, 7) is 14.3. The number of hydrogen-bond donors (Lipinski definition) is 0. The molecule has 0 atom stereocenters. The lowest BCUT2D eigenvalue weighted by Gasteiger charge is -2.44. The van der Waals surface area contributed by atoms with Crippen LogP contribution in [0, 0.1) is 0 Å². The topological polar surface area (TPSA) is 6.48 Å². The van der Waals surface area contributed by atoms with Crippen LogP contribution in [0.15, 0.2) is 194 Å². The van der Waals surface area contributed by atoms with Gasteiger partial charge in [0.2, 0.25) is 0 Å². The highest BCUT2D eigenvalue weighted by atomic mass is 15.2. The van der Waals surface area contributed by atoms with Crippen LogP contribution in [0.4, 0.5) is 34.1 Å². The number of hydrogen-bond acceptors (Lipinski definition) is 2. The van der Waals surface area contributed by atoms with Crippen molar-refractivity contribution in [1.82, 2.24) is 0 Å². The lowest BCUT2D eigenvalue weighted by molar-refractivity contribution is 0.634. The first-order valence-electron chi connectivity index (χ1n) is 22.4. The molecule has 2 aliphatic carbocycles. The summed E-state index contributed by atoms with van der Waals surface area (Å²) in [5.41, 5.74) is 22.3. The largest absolute Gasteiger partial charge is 0.308 e. The van der Waals surface area contributed by atoms with Gasteiger partial charge in [0.15, 0.2) is 0 Å². The van der Waals surface area contributed by atoms with E-state index < -0.39 is 0 Å². The molecule has 3 aliphatic rings. The van der Waals surface area contributed by atoms with Gasteiger partial charge in [0.1, 0.15) is 0 Å². The molecule has 0 bridgehead atoms. The molecular weight excluding hydrogens is 761 g/mol. The van der Waals surface area contributed by atoms with Crippen molar-refractivity contribution in [2.75, 3.05) is 9.80 Å². The van der Waals surface area contributed by atoms with Gasteiger partial charge in [-0.1, -0.05) is 193 Å². The quantitative estimate of drug-likeness (QED) is 0.171. The Morgan fingerprint density at radius 3 is 1.52 bits per heavy atom. The Morgan fingerprint density at radius 2 is 0.873 bits per heavy atom. The van der Waals surface area contributed by atoms with Crippen molar-refractivity contribution in [2.45, 2.75) is 57.8 Å². The monoisotopic (exact) mass is 810 g/mol. The van der Waals surface area contributed by atoms with E-state index in [0.29, 0.717) is 0 Å². The molecule has 2 nitrogen and oxygen atoms in total. The van der Waals surface area contributed by atoms with Gasteiger partial charge >= 0.3 is 0 Å². The van der Waals surface area contributed by atoms with Crippen molar-refractivity contribution in [2.24, 2.45) is 0 Å². The maximum atomic E-state index is 2.59. The maximum absolute atomic E-state index is 2.59. The molecule has 0 spiro atoms. The van der Waals surface area contributed by atoms with Crippen molar-refractivity contribution in [1.29, 1.82) is 0 Å². The summed E-state index contributed by atoms with van der Waals surface area (Å²) in [4.78, 5) is 5.15. The molecule has 2 heteroatoms. The van der Waals surface area contributed by atoms with Crippen LogP contribution in [0.2, 0.25) is 0 Å². The Kier molecular flexibility index (Phi) is 8.01. The Balaban J connectivity index is 1.17. The van der Waals surface area contributed by atoms with Gasteiger partial charge in [-0.15, -0.1) is 0 Å². The average molecular weight is 811 g/mol. The average Bonchev–Trinajstić information content (AvgIpc) is 3.68. The molecule has 0 N–H and O–H groups in total. The second-order valence-electron chi connectivity index (χ2n) is 19.3. The summed E-state index contributed by atoms with van der Waals surface area (Å²) in [7, 11) is 0. The molecule has 9 aromatic carbocycles. The summed E-state index contributed by atoms with van der Waals surface area (Å²) < 4.78 is 0. The zero-order valence-corrected chi connectivity index (χ0v) is 36.9. The van der Waals surface area contributed by atoms with Crippen molar-refractivity contribution in [3.8, 4) is 33.4 Å². The van der Waals surface area contributed by atoms with Crippen LogP contribution in [0.3, 0.4) is 0 Å². The second-order valence-corrected chi connectivity index (χ2v) is 19.3. The van der Waals surface area contributed by atoms with E-state index in [-0.39, 0.29) is 16.2 Å². The predicted octanol–water partition coefficient (Wildman–Crippen LogP) is 16.7. The highest BCUT2D eigenvalue weighted by Crippen LogP contribution is 2.59. The minimum Gasteiger partial charge on any atom is -0.308 e. The maximum Gasteiger partial charge on any atom is 0.0781 e. The lowest BCUT2D eigenvalue weighted by Crippen LogP contribution is -2.32. The minimum atomic E-state index is -0.277. The minimum absolute atomic E-state index is 0.161. The van der Waals surface area contributed by atoms with Crippen LogP contribution in [0.1, 0.15) is 74.9 Å². The summed E-state index contributed by atoms with van der Waals surface area (Å²) in [6, 6.07) is 72.9. The first-order valence-corrected chi connectivity index (χ1v) is 22.4. The molecule has 0 radical (unpaired) electrons. The van der Waals surface area contributed by atoms with E-state index >= 15 is 0 Å². The molecular formula is C61H50N2. The first kappa shape index (κ1) is 37.6. The summed E-state index contributed by atoms with van der Waals surface area (Å²) >= 11 is 0. The van der Waals surface area contributed by atoms with Gasteiger partial charge in [0.05, 0.1) is 22.7 Å². The van der Waals surface area contributed by atoms with E-state index in [1.54, 1.807) is 0 Å². The Morgan fingerprint density at radius 1 is 0.365 bits per heavy atom. The summed E-state index contributed by atoms with van der Waals surface area (Å²) in [5.74, 6) is 0.